The van der Waals surface area contributed by atoms with Crippen LogP contribution in [0.3, 0.4) is 0 Å². The van der Waals surface area contributed by atoms with E-state index < -0.39 is 0 Å². The zero-order chi connectivity index (χ0) is 19.1. The van der Waals surface area contributed by atoms with Crippen LogP contribution in [0.1, 0.15) is 10.5 Å². The average Bonchev–Trinajstić information content (AvgIpc) is 3.22. The molecule has 0 saturated heterocycles. The van der Waals surface area contributed by atoms with Crippen molar-refractivity contribution in [3.63, 3.8) is 0 Å². The van der Waals surface area contributed by atoms with Crippen molar-refractivity contribution in [3.05, 3.63) is 60.3 Å². The first kappa shape index (κ1) is 18.3. The summed E-state index contributed by atoms with van der Waals surface area (Å²) in [6, 6.07) is 16.2. The van der Waals surface area contributed by atoms with E-state index in [1.165, 1.54) is 0 Å². The van der Waals surface area contributed by atoms with Gasteiger partial charge in [-0.3, -0.25) is 4.79 Å². The van der Waals surface area contributed by atoms with E-state index in [0.29, 0.717) is 30.4 Å². The van der Waals surface area contributed by atoms with Crippen molar-refractivity contribution >= 4 is 5.91 Å². The Balaban J connectivity index is 1.50. The van der Waals surface area contributed by atoms with Gasteiger partial charge < -0.3 is 24.1 Å². The number of methoxy groups -OCH3 is 2. The Hall–Kier alpha value is -3.48. The highest BCUT2D eigenvalue weighted by molar-refractivity contribution is 5.93. The lowest BCUT2D eigenvalue weighted by Gasteiger charge is -2.07. The standard InChI is InChI=1S/C20H20N2O5/c1-24-15-6-8-16(9-7-15)26-11-10-21-20(23)18-13-19(27-22-18)14-4-3-5-17(12-14)25-2/h3-9,12-13H,10-11H2,1-2H3,(H,21,23). The molecule has 0 radical (unpaired) electrons. The van der Waals surface area contributed by atoms with Crippen LogP contribution in [0.5, 0.6) is 17.2 Å². The molecule has 27 heavy (non-hydrogen) atoms. The Labute approximate surface area is 156 Å². The molecule has 1 aromatic heterocycles. The third kappa shape index (κ3) is 4.78. The number of ether oxygens (including phenoxy) is 3. The van der Waals surface area contributed by atoms with Crippen LogP contribution in [0, 0.1) is 0 Å². The van der Waals surface area contributed by atoms with Crippen LogP contribution < -0.4 is 19.5 Å². The van der Waals surface area contributed by atoms with Gasteiger partial charge in [0.05, 0.1) is 20.8 Å². The van der Waals surface area contributed by atoms with Crippen molar-refractivity contribution < 1.29 is 23.5 Å². The van der Waals surface area contributed by atoms with Crippen molar-refractivity contribution in [3.8, 4) is 28.6 Å². The number of nitrogens with zero attached hydrogens (tertiary/aromatic N) is 1. The monoisotopic (exact) mass is 368 g/mol. The summed E-state index contributed by atoms with van der Waals surface area (Å²) in [7, 11) is 3.20. The molecule has 0 aliphatic carbocycles. The first-order valence-electron chi connectivity index (χ1n) is 8.36. The summed E-state index contributed by atoms with van der Waals surface area (Å²) in [5.74, 6) is 2.32. The molecule has 1 N–H and O–H groups in total. The fourth-order valence-electron chi connectivity index (χ4n) is 2.39. The molecule has 0 spiro atoms. The van der Waals surface area contributed by atoms with E-state index in [1.54, 1.807) is 32.4 Å². The van der Waals surface area contributed by atoms with E-state index in [9.17, 15) is 4.79 Å². The van der Waals surface area contributed by atoms with Gasteiger partial charge in [0, 0.05) is 11.6 Å². The van der Waals surface area contributed by atoms with Crippen LogP contribution in [0.15, 0.2) is 59.1 Å². The second-order valence-corrected chi connectivity index (χ2v) is 5.59. The van der Waals surface area contributed by atoms with Crippen LogP contribution in [0.4, 0.5) is 0 Å². The van der Waals surface area contributed by atoms with Gasteiger partial charge in [0.15, 0.2) is 11.5 Å². The zero-order valence-corrected chi connectivity index (χ0v) is 15.1. The first-order valence-corrected chi connectivity index (χ1v) is 8.36. The molecular formula is C20H20N2O5. The Kier molecular flexibility index (Phi) is 5.94. The molecule has 0 unspecified atom stereocenters. The lowest BCUT2D eigenvalue weighted by atomic mass is 10.1. The van der Waals surface area contributed by atoms with Crippen LogP contribution in [0.25, 0.3) is 11.3 Å². The van der Waals surface area contributed by atoms with Gasteiger partial charge in [-0.1, -0.05) is 17.3 Å². The van der Waals surface area contributed by atoms with Crippen LogP contribution >= 0.6 is 0 Å². The maximum absolute atomic E-state index is 12.2. The van der Waals surface area contributed by atoms with Crippen LogP contribution in [-0.2, 0) is 0 Å². The third-order valence-electron chi connectivity index (χ3n) is 3.81. The molecule has 3 rings (SSSR count). The molecule has 1 heterocycles. The Bertz CT molecular complexity index is 889. The quantitative estimate of drug-likeness (QED) is 0.615. The molecule has 0 saturated carbocycles. The van der Waals surface area contributed by atoms with Crippen molar-refractivity contribution in [1.82, 2.24) is 10.5 Å². The number of carbonyl (C=O) groups is 1. The van der Waals surface area contributed by atoms with E-state index in [1.807, 2.05) is 36.4 Å². The van der Waals surface area contributed by atoms with Gasteiger partial charge in [-0.25, -0.2) is 0 Å². The van der Waals surface area contributed by atoms with Gasteiger partial charge in [-0.05, 0) is 36.4 Å². The SMILES string of the molecule is COc1ccc(OCCNC(=O)c2cc(-c3cccc(OC)c3)on2)cc1. The Morgan fingerprint density at radius 3 is 2.48 bits per heavy atom. The van der Waals surface area contributed by atoms with Gasteiger partial charge in [0.25, 0.3) is 5.91 Å². The molecule has 1 amide bonds. The predicted molar refractivity (Wildman–Crippen MR) is 99.3 cm³/mol. The molecule has 0 aliphatic rings. The highest BCUT2D eigenvalue weighted by atomic mass is 16.5. The number of hydrogen-bond acceptors (Lipinski definition) is 6. The highest BCUT2D eigenvalue weighted by Crippen LogP contribution is 2.24. The summed E-state index contributed by atoms with van der Waals surface area (Å²) in [5.41, 5.74) is 0.987. The van der Waals surface area contributed by atoms with E-state index in [0.717, 1.165) is 11.3 Å². The lowest BCUT2D eigenvalue weighted by molar-refractivity contribution is 0.0938. The van der Waals surface area contributed by atoms with E-state index >= 15 is 0 Å². The number of hydrogen-bond donors (Lipinski definition) is 1. The average molecular weight is 368 g/mol. The van der Waals surface area contributed by atoms with Crippen molar-refractivity contribution in [2.24, 2.45) is 0 Å². The molecule has 0 bridgehead atoms. The smallest absolute Gasteiger partial charge is 0.273 e. The van der Waals surface area contributed by atoms with Crippen molar-refractivity contribution in [1.29, 1.82) is 0 Å². The summed E-state index contributed by atoms with van der Waals surface area (Å²) >= 11 is 0. The maximum Gasteiger partial charge on any atom is 0.273 e. The van der Waals surface area contributed by atoms with Crippen LogP contribution in [-0.4, -0.2) is 38.4 Å². The molecule has 2 aromatic carbocycles. The highest BCUT2D eigenvalue weighted by Gasteiger charge is 2.13. The number of aromatic nitrogens is 1. The number of rotatable bonds is 8. The molecule has 7 nitrogen and oxygen atoms in total. The maximum atomic E-state index is 12.2. The minimum absolute atomic E-state index is 0.206. The second kappa shape index (κ2) is 8.75. The van der Waals surface area contributed by atoms with Crippen molar-refractivity contribution in [2.45, 2.75) is 0 Å². The van der Waals surface area contributed by atoms with Gasteiger partial charge in [0.2, 0.25) is 0 Å². The summed E-state index contributed by atoms with van der Waals surface area (Å²) in [5, 5.41) is 6.56. The largest absolute Gasteiger partial charge is 0.497 e. The molecule has 140 valence electrons. The molecule has 0 aliphatic heterocycles. The predicted octanol–water partition coefficient (Wildman–Crippen LogP) is 3.17. The molecular weight excluding hydrogens is 348 g/mol. The summed E-state index contributed by atoms with van der Waals surface area (Å²) in [4.78, 5) is 12.2. The van der Waals surface area contributed by atoms with E-state index in [2.05, 4.69) is 10.5 Å². The number of amides is 1. The topological polar surface area (TPSA) is 82.8 Å². The van der Waals surface area contributed by atoms with Crippen molar-refractivity contribution in [2.75, 3.05) is 27.4 Å². The Morgan fingerprint density at radius 1 is 1.00 bits per heavy atom. The molecule has 7 heteroatoms. The van der Waals surface area contributed by atoms with E-state index in [-0.39, 0.29) is 11.6 Å². The fraction of sp³-hybridized carbons (Fsp3) is 0.200. The fourth-order valence-corrected chi connectivity index (χ4v) is 2.39. The lowest BCUT2D eigenvalue weighted by Crippen LogP contribution is -2.28. The third-order valence-corrected chi connectivity index (χ3v) is 3.81. The molecule has 3 aromatic rings. The number of nitrogens with one attached hydrogen (secondary N) is 1. The normalized spacial score (nSPS) is 10.3. The number of benzene rings is 2. The van der Waals surface area contributed by atoms with Gasteiger partial charge in [-0.15, -0.1) is 0 Å². The summed E-state index contributed by atoms with van der Waals surface area (Å²) in [6.45, 7) is 0.672. The van der Waals surface area contributed by atoms with E-state index in [4.69, 9.17) is 18.7 Å². The Morgan fingerprint density at radius 2 is 1.74 bits per heavy atom. The van der Waals surface area contributed by atoms with Gasteiger partial charge >= 0.3 is 0 Å². The minimum Gasteiger partial charge on any atom is -0.497 e. The van der Waals surface area contributed by atoms with Gasteiger partial charge in [0.1, 0.15) is 23.9 Å². The number of carbonyl (C=O) groups excluding carboxylic acids is 1. The first-order chi connectivity index (χ1) is 13.2. The molecule has 0 atom stereocenters. The van der Waals surface area contributed by atoms with Crippen LogP contribution in [0.2, 0.25) is 0 Å². The summed E-state index contributed by atoms with van der Waals surface area (Å²) < 4.78 is 21.1. The second-order valence-electron chi connectivity index (χ2n) is 5.59. The summed E-state index contributed by atoms with van der Waals surface area (Å²) in [6.07, 6.45) is 0. The minimum atomic E-state index is -0.328. The zero-order valence-electron chi connectivity index (χ0n) is 15.1. The van der Waals surface area contributed by atoms with Gasteiger partial charge in [-0.2, -0.15) is 0 Å². The molecule has 0 fully saturated rings.